The summed E-state index contributed by atoms with van der Waals surface area (Å²) in [4.78, 5) is 24.5. The van der Waals surface area contributed by atoms with Crippen molar-refractivity contribution >= 4 is 22.3 Å². The first-order valence-corrected chi connectivity index (χ1v) is 11.9. The summed E-state index contributed by atoms with van der Waals surface area (Å²) < 4.78 is 11.7. The maximum absolute atomic E-state index is 13.6. The molecule has 0 saturated carbocycles. The number of phenolic OH excluding ortho intramolecular Hbond substituents is 1. The van der Waals surface area contributed by atoms with Crippen molar-refractivity contribution in [3.63, 3.8) is 0 Å². The van der Waals surface area contributed by atoms with Gasteiger partial charge in [-0.15, -0.1) is 11.3 Å². The molecule has 1 aliphatic rings. The van der Waals surface area contributed by atoms with E-state index in [2.05, 4.69) is 14.9 Å². The van der Waals surface area contributed by atoms with Gasteiger partial charge in [-0.2, -0.15) is 0 Å². The van der Waals surface area contributed by atoms with Crippen molar-refractivity contribution in [2.24, 2.45) is 0 Å². The molecule has 0 amide bonds. The summed E-state index contributed by atoms with van der Waals surface area (Å²) in [5, 5.41) is 14.4. The average molecular weight is 464 g/mol. The minimum Gasteiger partial charge on any atom is -0.507 e. The zero-order valence-electron chi connectivity index (χ0n) is 18.6. The van der Waals surface area contributed by atoms with Crippen molar-refractivity contribution in [1.82, 2.24) is 14.9 Å². The Morgan fingerprint density at radius 2 is 2.00 bits per heavy atom. The molecule has 1 saturated heterocycles. The highest BCUT2D eigenvalue weighted by Crippen LogP contribution is 2.41. The topological polar surface area (TPSA) is 88.7 Å². The van der Waals surface area contributed by atoms with Gasteiger partial charge in [0.15, 0.2) is 0 Å². The third kappa shape index (κ3) is 3.94. The molecule has 170 valence electrons. The summed E-state index contributed by atoms with van der Waals surface area (Å²) >= 11 is 1.42. The molecule has 0 bridgehead atoms. The first-order chi connectivity index (χ1) is 16.1. The molecule has 1 unspecified atom stereocenters. The van der Waals surface area contributed by atoms with E-state index >= 15 is 0 Å². The number of nitrogens with zero attached hydrogens (tertiary/aromatic N) is 3. The number of pyridine rings is 1. The van der Waals surface area contributed by atoms with Crippen molar-refractivity contribution in [1.29, 1.82) is 0 Å². The van der Waals surface area contributed by atoms with Crippen LogP contribution in [-0.4, -0.2) is 46.3 Å². The molecule has 8 heteroatoms. The second kappa shape index (κ2) is 9.05. The zero-order chi connectivity index (χ0) is 22.9. The summed E-state index contributed by atoms with van der Waals surface area (Å²) in [6.45, 7) is 6.47. The first-order valence-electron chi connectivity index (χ1n) is 11.0. The molecule has 1 N–H and O–H groups in total. The molecule has 0 spiro atoms. The standard InChI is InChI=1S/C25H25N3O4S/c1-3-16-12-18-23(30)19(25-27-15(2)14-33-25)13-32-24(18)20(22(16)29)21(17-4-6-26-7-5-17)28-8-10-31-11-9-28/h4-7,12-14,21,29H,3,8-11H2,1-2H3. The normalized spacial score (nSPS) is 15.7. The second-order valence-electron chi connectivity index (χ2n) is 8.13. The quantitative estimate of drug-likeness (QED) is 0.472. The molecule has 1 aliphatic heterocycles. The van der Waals surface area contributed by atoms with Gasteiger partial charge in [-0.3, -0.25) is 14.7 Å². The monoisotopic (exact) mass is 463 g/mol. The van der Waals surface area contributed by atoms with Crippen LogP contribution in [0, 0.1) is 6.92 Å². The maximum Gasteiger partial charge on any atom is 0.202 e. The number of hydrogen-bond donors (Lipinski definition) is 1. The summed E-state index contributed by atoms with van der Waals surface area (Å²) in [7, 11) is 0. The van der Waals surface area contributed by atoms with Crippen LogP contribution in [0.3, 0.4) is 0 Å². The van der Waals surface area contributed by atoms with E-state index in [1.807, 2.05) is 31.4 Å². The van der Waals surface area contributed by atoms with Gasteiger partial charge in [0.1, 0.15) is 22.6 Å². The Kier molecular flexibility index (Phi) is 5.97. The van der Waals surface area contributed by atoms with Crippen LogP contribution in [0.2, 0.25) is 0 Å². The van der Waals surface area contributed by atoms with Crippen LogP contribution in [-0.2, 0) is 11.2 Å². The van der Waals surface area contributed by atoms with Gasteiger partial charge in [0.25, 0.3) is 0 Å². The van der Waals surface area contributed by atoms with Crippen molar-refractivity contribution in [2.75, 3.05) is 26.3 Å². The highest BCUT2D eigenvalue weighted by molar-refractivity contribution is 7.13. The SMILES string of the molecule is CCc1cc2c(=O)c(-c3nc(C)cs3)coc2c(C(c2ccncc2)N2CCOCC2)c1O. The lowest BCUT2D eigenvalue weighted by Gasteiger charge is -2.35. The second-order valence-corrected chi connectivity index (χ2v) is 8.99. The van der Waals surface area contributed by atoms with E-state index < -0.39 is 0 Å². The average Bonchev–Trinajstić information content (AvgIpc) is 3.28. The Bertz CT molecular complexity index is 1340. The smallest absolute Gasteiger partial charge is 0.202 e. The van der Waals surface area contributed by atoms with Crippen molar-refractivity contribution in [2.45, 2.75) is 26.3 Å². The van der Waals surface area contributed by atoms with E-state index in [4.69, 9.17) is 9.15 Å². The van der Waals surface area contributed by atoms with Gasteiger partial charge >= 0.3 is 0 Å². The number of hydrogen-bond acceptors (Lipinski definition) is 8. The van der Waals surface area contributed by atoms with E-state index in [9.17, 15) is 9.90 Å². The molecule has 0 aliphatic carbocycles. The van der Waals surface area contributed by atoms with E-state index in [-0.39, 0.29) is 17.2 Å². The fraction of sp³-hybridized carbons (Fsp3) is 0.320. The van der Waals surface area contributed by atoms with Crippen LogP contribution in [0.1, 0.15) is 35.3 Å². The van der Waals surface area contributed by atoms with Crippen LogP contribution < -0.4 is 5.43 Å². The van der Waals surface area contributed by atoms with Crippen molar-refractivity contribution < 1.29 is 14.3 Å². The number of thiazole rings is 1. The summed E-state index contributed by atoms with van der Waals surface area (Å²) in [5.41, 5.74) is 3.85. The van der Waals surface area contributed by atoms with Gasteiger partial charge in [0, 0.05) is 36.6 Å². The molecule has 4 heterocycles. The molecule has 1 fully saturated rings. The zero-order valence-corrected chi connectivity index (χ0v) is 19.4. The third-order valence-corrected chi connectivity index (χ3v) is 7.08. The molecule has 5 rings (SSSR count). The van der Waals surface area contributed by atoms with E-state index in [0.29, 0.717) is 65.4 Å². The lowest BCUT2D eigenvalue weighted by Crippen LogP contribution is -2.39. The fourth-order valence-electron chi connectivity index (χ4n) is 4.44. The van der Waals surface area contributed by atoms with Gasteiger partial charge < -0.3 is 14.3 Å². The molecule has 1 aromatic carbocycles. The van der Waals surface area contributed by atoms with Crippen molar-refractivity contribution in [3.05, 3.63) is 74.8 Å². The highest BCUT2D eigenvalue weighted by Gasteiger charge is 2.31. The van der Waals surface area contributed by atoms with Crippen molar-refractivity contribution in [3.8, 4) is 16.3 Å². The lowest BCUT2D eigenvalue weighted by molar-refractivity contribution is 0.0236. The van der Waals surface area contributed by atoms with Crippen LogP contribution in [0.4, 0.5) is 0 Å². The predicted octanol–water partition coefficient (Wildman–Crippen LogP) is 4.31. The Morgan fingerprint density at radius 1 is 1.24 bits per heavy atom. The Hall–Kier alpha value is -3.07. The summed E-state index contributed by atoms with van der Waals surface area (Å²) in [6, 6.07) is 5.33. The number of aromatic hydroxyl groups is 1. The van der Waals surface area contributed by atoms with E-state index in [1.165, 1.54) is 17.6 Å². The van der Waals surface area contributed by atoms with Gasteiger partial charge in [-0.05, 0) is 42.7 Å². The van der Waals surface area contributed by atoms with Crippen LogP contribution >= 0.6 is 11.3 Å². The predicted molar refractivity (Wildman–Crippen MR) is 128 cm³/mol. The Balaban J connectivity index is 1.79. The molecule has 33 heavy (non-hydrogen) atoms. The number of rotatable bonds is 5. The maximum atomic E-state index is 13.6. The number of morpholine rings is 1. The number of fused-ring (bicyclic) bond motifs is 1. The number of phenols is 1. The largest absolute Gasteiger partial charge is 0.507 e. The third-order valence-electron chi connectivity index (χ3n) is 6.09. The highest BCUT2D eigenvalue weighted by atomic mass is 32.1. The van der Waals surface area contributed by atoms with Gasteiger partial charge in [-0.1, -0.05) is 6.92 Å². The van der Waals surface area contributed by atoms with E-state index in [1.54, 1.807) is 18.5 Å². The molecule has 0 radical (unpaired) electrons. The minimum atomic E-state index is -0.304. The van der Waals surface area contributed by atoms with Gasteiger partial charge in [-0.25, -0.2) is 4.98 Å². The number of ether oxygens (including phenoxy) is 1. The number of aromatic nitrogens is 2. The molecular formula is C25H25N3O4S. The molecule has 3 aromatic heterocycles. The number of benzene rings is 1. The molecule has 4 aromatic rings. The van der Waals surface area contributed by atoms with Crippen LogP contribution in [0.25, 0.3) is 21.5 Å². The molecule has 1 atom stereocenters. The Labute approximate surface area is 195 Å². The van der Waals surface area contributed by atoms with Crippen LogP contribution in [0.15, 0.2) is 51.4 Å². The molecule has 7 nitrogen and oxygen atoms in total. The first kappa shape index (κ1) is 21.8. The lowest BCUT2D eigenvalue weighted by atomic mass is 9.91. The van der Waals surface area contributed by atoms with Gasteiger partial charge in [0.05, 0.1) is 35.8 Å². The fourth-order valence-corrected chi connectivity index (χ4v) is 5.24. The van der Waals surface area contributed by atoms with E-state index in [0.717, 1.165) is 11.3 Å². The molecular weight excluding hydrogens is 438 g/mol. The van der Waals surface area contributed by atoms with Crippen LogP contribution in [0.5, 0.6) is 5.75 Å². The Morgan fingerprint density at radius 3 is 2.67 bits per heavy atom. The summed E-state index contributed by atoms with van der Waals surface area (Å²) in [5.74, 6) is 0.166. The van der Waals surface area contributed by atoms with Gasteiger partial charge in [0.2, 0.25) is 5.43 Å². The summed E-state index contributed by atoms with van der Waals surface area (Å²) in [6.07, 6.45) is 5.54. The minimum absolute atomic E-state index is 0.142. The number of aryl methyl sites for hydroxylation is 2.